The van der Waals surface area contributed by atoms with Crippen molar-refractivity contribution in [3.05, 3.63) is 12.1 Å². The highest BCUT2D eigenvalue weighted by molar-refractivity contribution is 5.64. The van der Waals surface area contributed by atoms with E-state index in [4.69, 9.17) is 20.7 Å². The number of nitrogen functional groups attached to an aromatic ring is 1. The standard InChI is InChI=1S/C7H9NO3/c1-11-7-4(8)2-3-5(9)6(7)10/h2-3,9-10H,8H2,1H3. The van der Waals surface area contributed by atoms with Crippen LogP contribution in [0.2, 0.25) is 0 Å². The summed E-state index contributed by atoms with van der Waals surface area (Å²) in [7, 11) is 1.37. The molecule has 0 bridgehead atoms. The van der Waals surface area contributed by atoms with Crippen LogP contribution < -0.4 is 10.5 Å². The first kappa shape index (κ1) is 7.53. The molecule has 0 radical (unpaired) electrons. The minimum atomic E-state index is -0.326. The molecule has 0 spiro atoms. The number of rotatable bonds is 1. The molecule has 0 atom stereocenters. The van der Waals surface area contributed by atoms with Crippen LogP contribution in [0.15, 0.2) is 12.1 Å². The van der Waals surface area contributed by atoms with Gasteiger partial charge in [-0.15, -0.1) is 0 Å². The molecule has 0 aliphatic carbocycles. The van der Waals surface area contributed by atoms with Crippen LogP contribution in [0.3, 0.4) is 0 Å². The minimum absolute atomic E-state index is 0.102. The third-order valence-corrected chi connectivity index (χ3v) is 1.34. The lowest BCUT2D eigenvalue weighted by Gasteiger charge is -2.06. The Morgan fingerprint density at radius 1 is 1.36 bits per heavy atom. The van der Waals surface area contributed by atoms with Gasteiger partial charge in [-0.3, -0.25) is 0 Å². The number of nitrogens with two attached hydrogens (primary N) is 1. The van der Waals surface area contributed by atoms with E-state index < -0.39 is 0 Å². The fraction of sp³-hybridized carbons (Fsp3) is 0.143. The van der Waals surface area contributed by atoms with Gasteiger partial charge in [-0.1, -0.05) is 0 Å². The molecule has 0 saturated heterocycles. The van der Waals surface area contributed by atoms with Crippen molar-refractivity contribution in [1.82, 2.24) is 0 Å². The average Bonchev–Trinajstić information content (AvgIpc) is 1.99. The zero-order valence-corrected chi connectivity index (χ0v) is 6.03. The number of hydrogen-bond acceptors (Lipinski definition) is 4. The zero-order valence-electron chi connectivity index (χ0n) is 6.03. The fourth-order valence-electron chi connectivity index (χ4n) is 0.791. The van der Waals surface area contributed by atoms with Gasteiger partial charge in [-0.25, -0.2) is 0 Å². The first-order valence-electron chi connectivity index (χ1n) is 3.01. The molecule has 0 unspecified atom stereocenters. The van der Waals surface area contributed by atoms with Crippen molar-refractivity contribution >= 4 is 5.69 Å². The predicted octanol–water partition coefficient (Wildman–Crippen LogP) is 0.689. The number of aromatic hydroxyl groups is 2. The number of anilines is 1. The second-order valence-corrected chi connectivity index (χ2v) is 2.06. The molecule has 4 heteroatoms. The number of methoxy groups -OCH3 is 1. The van der Waals surface area contributed by atoms with Crippen LogP contribution in [0.25, 0.3) is 0 Å². The minimum Gasteiger partial charge on any atom is -0.504 e. The van der Waals surface area contributed by atoms with Gasteiger partial charge in [0, 0.05) is 0 Å². The summed E-state index contributed by atoms with van der Waals surface area (Å²) in [5.41, 5.74) is 5.70. The number of ether oxygens (including phenoxy) is 1. The molecule has 0 fully saturated rings. The van der Waals surface area contributed by atoms with Crippen molar-refractivity contribution in [2.75, 3.05) is 12.8 Å². The second kappa shape index (κ2) is 2.57. The van der Waals surface area contributed by atoms with E-state index in [0.29, 0.717) is 5.69 Å². The average molecular weight is 155 g/mol. The van der Waals surface area contributed by atoms with Gasteiger partial charge in [0.25, 0.3) is 0 Å². The smallest absolute Gasteiger partial charge is 0.202 e. The van der Waals surface area contributed by atoms with Gasteiger partial charge in [0.1, 0.15) is 0 Å². The number of hydrogen-bond donors (Lipinski definition) is 3. The summed E-state index contributed by atoms with van der Waals surface area (Å²) in [6.45, 7) is 0. The van der Waals surface area contributed by atoms with Crippen molar-refractivity contribution < 1.29 is 14.9 Å². The molecular weight excluding hydrogens is 146 g/mol. The van der Waals surface area contributed by atoms with E-state index in [2.05, 4.69) is 0 Å². The zero-order chi connectivity index (χ0) is 8.43. The Labute approximate surface area is 63.8 Å². The number of benzene rings is 1. The van der Waals surface area contributed by atoms with Gasteiger partial charge in [-0.2, -0.15) is 0 Å². The van der Waals surface area contributed by atoms with E-state index >= 15 is 0 Å². The van der Waals surface area contributed by atoms with Crippen molar-refractivity contribution in [2.24, 2.45) is 0 Å². The maximum atomic E-state index is 9.12. The monoisotopic (exact) mass is 155 g/mol. The molecular formula is C7H9NO3. The highest BCUT2D eigenvalue weighted by Crippen LogP contribution is 2.39. The van der Waals surface area contributed by atoms with Crippen LogP contribution in [-0.2, 0) is 0 Å². The van der Waals surface area contributed by atoms with E-state index in [0.717, 1.165) is 0 Å². The SMILES string of the molecule is COc1c(N)ccc(O)c1O. The molecule has 0 aliphatic rings. The van der Waals surface area contributed by atoms with Crippen LogP contribution in [-0.4, -0.2) is 17.3 Å². The molecule has 0 saturated carbocycles. The van der Waals surface area contributed by atoms with E-state index in [1.54, 1.807) is 0 Å². The van der Waals surface area contributed by atoms with Crippen LogP contribution in [0, 0.1) is 0 Å². The Morgan fingerprint density at radius 2 is 2.00 bits per heavy atom. The normalized spacial score (nSPS) is 9.55. The Balaban J connectivity index is 3.29. The topological polar surface area (TPSA) is 75.7 Å². The fourth-order valence-corrected chi connectivity index (χ4v) is 0.791. The van der Waals surface area contributed by atoms with Gasteiger partial charge in [-0.05, 0) is 12.1 Å². The Morgan fingerprint density at radius 3 is 2.45 bits per heavy atom. The summed E-state index contributed by atoms with van der Waals surface area (Å²) in [6.07, 6.45) is 0. The van der Waals surface area contributed by atoms with Crippen molar-refractivity contribution in [3.8, 4) is 17.2 Å². The van der Waals surface area contributed by atoms with Crippen LogP contribution >= 0.6 is 0 Å². The summed E-state index contributed by atoms with van der Waals surface area (Å²) >= 11 is 0. The maximum Gasteiger partial charge on any atom is 0.202 e. The molecule has 0 aliphatic heterocycles. The summed E-state index contributed by atoms with van der Waals surface area (Å²) < 4.78 is 4.72. The highest BCUT2D eigenvalue weighted by atomic mass is 16.5. The lowest BCUT2D eigenvalue weighted by molar-refractivity contribution is 0.352. The van der Waals surface area contributed by atoms with Gasteiger partial charge in [0.05, 0.1) is 12.8 Å². The summed E-state index contributed by atoms with van der Waals surface area (Å²) in [6, 6.07) is 2.75. The van der Waals surface area contributed by atoms with E-state index in [1.165, 1.54) is 19.2 Å². The summed E-state index contributed by atoms with van der Waals surface area (Å²) in [5.74, 6) is -0.464. The van der Waals surface area contributed by atoms with Crippen LogP contribution in [0.1, 0.15) is 0 Å². The molecule has 4 nitrogen and oxygen atoms in total. The Kier molecular flexibility index (Phi) is 1.76. The molecule has 0 aromatic heterocycles. The summed E-state index contributed by atoms with van der Waals surface area (Å²) in [4.78, 5) is 0. The molecule has 60 valence electrons. The molecule has 1 aromatic carbocycles. The van der Waals surface area contributed by atoms with Gasteiger partial charge in [0.15, 0.2) is 11.5 Å². The van der Waals surface area contributed by atoms with Crippen LogP contribution in [0.5, 0.6) is 17.2 Å². The first-order valence-corrected chi connectivity index (χ1v) is 3.01. The van der Waals surface area contributed by atoms with Crippen LogP contribution in [0.4, 0.5) is 5.69 Å². The van der Waals surface area contributed by atoms with Crippen molar-refractivity contribution in [2.45, 2.75) is 0 Å². The van der Waals surface area contributed by atoms with E-state index in [-0.39, 0.29) is 17.2 Å². The predicted molar refractivity (Wildman–Crippen MR) is 40.7 cm³/mol. The number of phenols is 2. The molecule has 1 aromatic rings. The third-order valence-electron chi connectivity index (χ3n) is 1.34. The Hall–Kier alpha value is -1.58. The van der Waals surface area contributed by atoms with E-state index in [1.807, 2.05) is 0 Å². The van der Waals surface area contributed by atoms with Crippen molar-refractivity contribution in [1.29, 1.82) is 0 Å². The molecule has 4 N–H and O–H groups in total. The lowest BCUT2D eigenvalue weighted by atomic mass is 10.2. The molecule has 11 heavy (non-hydrogen) atoms. The maximum absolute atomic E-state index is 9.12. The number of phenolic OH excluding ortho intramolecular Hbond substituents is 2. The van der Waals surface area contributed by atoms with Gasteiger partial charge in [0.2, 0.25) is 5.75 Å². The molecule has 0 heterocycles. The summed E-state index contributed by atoms with van der Waals surface area (Å²) in [5, 5.41) is 18.1. The highest BCUT2D eigenvalue weighted by Gasteiger charge is 2.09. The first-order chi connectivity index (χ1) is 5.16. The largest absolute Gasteiger partial charge is 0.504 e. The third kappa shape index (κ3) is 1.14. The van der Waals surface area contributed by atoms with Crippen molar-refractivity contribution in [3.63, 3.8) is 0 Å². The van der Waals surface area contributed by atoms with Gasteiger partial charge < -0.3 is 20.7 Å². The lowest BCUT2D eigenvalue weighted by Crippen LogP contribution is -1.91. The second-order valence-electron chi connectivity index (χ2n) is 2.06. The molecule has 0 amide bonds. The van der Waals surface area contributed by atoms with E-state index in [9.17, 15) is 0 Å². The Bertz CT molecular complexity index is 273. The molecule has 1 rings (SSSR count). The van der Waals surface area contributed by atoms with Gasteiger partial charge >= 0.3 is 0 Å². The quantitative estimate of drug-likeness (QED) is 0.317.